The molecule has 1 aliphatic rings. The molecule has 0 aromatic heterocycles. The standard InChI is InChI=1S/C21H26N2O4S2/c1-15(2)16-4-6-17(7-5-16)22-29(25,26)18-8-9-20(28-3)19(14-18)21(24)23-10-12-27-13-11-23/h4-9,14-15,22H,10-13H2,1-3H3. The largest absolute Gasteiger partial charge is 0.378 e. The predicted octanol–water partition coefficient (Wildman–Crippen LogP) is 3.81. The number of morpholine rings is 1. The smallest absolute Gasteiger partial charge is 0.261 e. The molecule has 29 heavy (non-hydrogen) atoms. The number of nitrogens with one attached hydrogen (secondary N) is 1. The number of amides is 1. The quantitative estimate of drug-likeness (QED) is 0.700. The maximum atomic E-state index is 13.0. The number of carbonyl (C=O) groups excluding carboxylic acids is 1. The highest BCUT2D eigenvalue weighted by Crippen LogP contribution is 2.27. The summed E-state index contributed by atoms with van der Waals surface area (Å²) in [5, 5.41) is 0. The number of benzene rings is 2. The summed E-state index contributed by atoms with van der Waals surface area (Å²) >= 11 is 1.42. The van der Waals surface area contributed by atoms with Gasteiger partial charge in [0.2, 0.25) is 0 Å². The molecule has 1 amide bonds. The first-order valence-corrected chi connectivity index (χ1v) is 12.2. The van der Waals surface area contributed by atoms with Gasteiger partial charge >= 0.3 is 0 Å². The van der Waals surface area contributed by atoms with Crippen molar-refractivity contribution in [3.05, 3.63) is 53.6 Å². The van der Waals surface area contributed by atoms with Crippen LogP contribution in [0.15, 0.2) is 52.3 Å². The number of hydrogen-bond donors (Lipinski definition) is 1. The highest BCUT2D eigenvalue weighted by Gasteiger charge is 2.24. The maximum Gasteiger partial charge on any atom is 0.261 e. The lowest BCUT2D eigenvalue weighted by atomic mass is 10.0. The first-order chi connectivity index (χ1) is 13.8. The van der Waals surface area contributed by atoms with Gasteiger partial charge in [-0.25, -0.2) is 8.42 Å². The summed E-state index contributed by atoms with van der Waals surface area (Å²) in [7, 11) is -3.81. The molecule has 1 aliphatic heterocycles. The highest BCUT2D eigenvalue weighted by atomic mass is 32.2. The molecule has 1 fully saturated rings. The third-order valence-electron chi connectivity index (χ3n) is 4.84. The topological polar surface area (TPSA) is 75.7 Å². The number of anilines is 1. The average Bonchev–Trinajstić information content (AvgIpc) is 2.73. The van der Waals surface area contributed by atoms with Crippen molar-refractivity contribution < 1.29 is 17.9 Å². The van der Waals surface area contributed by atoms with Crippen LogP contribution in [-0.4, -0.2) is 51.8 Å². The Morgan fingerprint density at radius 2 is 1.76 bits per heavy atom. The minimum atomic E-state index is -3.81. The minimum Gasteiger partial charge on any atom is -0.378 e. The fraction of sp³-hybridized carbons (Fsp3) is 0.381. The highest BCUT2D eigenvalue weighted by molar-refractivity contribution is 7.98. The SMILES string of the molecule is CSc1ccc(S(=O)(=O)Nc2ccc(C(C)C)cc2)cc1C(=O)N1CCOCC1. The summed E-state index contributed by atoms with van der Waals surface area (Å²) in [6.07, 6.45) is 1.87. The lowest BCUT2D eigenvalue weighted by Crippen LogP contribution is -2.40. The van der Waals surface area contributed by atoms with Crippen molar-refractivity contribution in [1.29, 1.82) is 0 Å². The number of sulfonamides is 1. The van der Waals surface area contributed by atoms with Gasteiger partial charge in [0.1, 0.15) is 0 Å². The molecule has 0 unspecified atom stereocenters. The summed E-state index contributed by atoms with van der Waals surface area (Å²) in [4.78, 5) is 15.5. The summed E-state index contributed by atoms with van der Waals surface area (Å²) in [5.74, 6) is 0.199. The van der Waals surface area contributed by atoms with Crippen LogP contribution in [0, 0.1) is 0 Å². The van der Waals surface area contributed by atoms with Crippen molar-refractivity contribution in [3.63, 3.8) is 0 Å². The van der Waals surface area contributed by atoms with E-state index in [9.17, 15) is 13.2 Å². The Morgan fingerprint density at radius 1 is 1.10 bits per heavy atom. The summed E-state index contributed by atoms with van der Waals surface area (Å²) in [6.45, 7) is 6.16. The van der Waals surface area contributed by atoms with E-state index >= 15 is 0 Å². The summed E-state index contributed by atoms with van der Waals surface area (Å²) < 4.78 is 33.7. The van der Waals surface area contributed by atoms with Crippen molar-refractivity contribution in [3.8, 4) is 0 Å². The van der Waals surface area contributed by atoms with Crippen molar-refractivity contribution in [2.24, 2.45) is 0 Å². The van der Waals surface area contributed by atoms with Gasteiger partial charge in [-0.3, -0.25) is 9.52 Å². The third kappa shape index (κ3) is 5.12. The van der Waals surface area contributed by atoms with E-state index in [1.54, 1.807) is 23.1 Å². The molecule has 8 heteroatoms. The van der Waals surface area contributed by atoms with E-state index in [0.29, 0.717) is 43.5 Å². The Kier molecular flexibility index (Phi) is 6.87. The van der Waals surface area contributed by atoms with Crippen molar-refractivity contribution >= 4 is 33.4 Å². The van der Waals surface area contributed by atoms with Crippen molar-refractivity contribution in [2.75, 3.05) is 37.3 Å². The van der Waals surface area contributed by atoms with Gasteiger partial charge in [0.15, 0.2) is 0 Å². The molecule has 2 aromatic carbocycles. The molecule has 1 N–H and O–H groups in total. The van der Waals surface area contributed by atoms with E-state index in [0.717, 1.165) is 10.5 Å². The normalized spacial score (nSPS) is 14.8. The molecule has 0 atom stereocenters. The first kappa shape index (κ1) is 21.7. The van der Waals surface area contributed by atoms with Crippen LogP contribution in [0.3, 0.4) is 0 Å². The number of nitrogens with zero attached hydrogens (tertiary/aromatic N) is 1. The van der Waals surface area contributed by atoms with Crippen molar-refractivity contribution in [2.45, 2.75) is 29.6 Å². The first-order valence-electron chi connectivity index (χ1n) is 9.49. The zero-order valence-corrected chi connectivity index (χ0v) is 18.5. The molecule has 0 radical (unpaired) electrons. The number of thioether (sulfide) groups is 1. The second-order valence-corrected chi connectivity index (χ2v) is 9.68. The van der Waals surface area contributed by atoms with Gasteiger partial charge < -0.3 is 9.64 Å². The fourth-order valence-electron chi connectivity index (χ4n) is 3.11. The van der Waals surface area contributed by atoms with Gasteiger partial charge in [-0.2, -0.15) is 0 Å². The van der Waals surface area contributed by atoms with E-state index in [1.165, 1.54) is 23.9 Å². The Hall–Kier alpha value is -2.03. The molecule has 156 valence electrons. The predicted molar refractivity (Wildman–Crippen MR) is 116 cm³/mol. The minimum absolute atomic E-state index is 0.0693. The van der Waals surface area contributed by atoms with Crippen molar-refractivity contribution in [1.82, 2.24) is 4.90 Å². The van der Waals surface area contributed by atoms with E-state index in [4.69, 9.17) is 4.74 Å². The number of carbonyl (C=O) groups is 1. The van der Waals surface area contributed by atoms with Gasteiger partial charge in [0.25, 0.3) is 15.9 Å². The number of rotatable bonds is 6. The Balaban J connectivity index is 1.87. The van der Waals surface area contributed by atoms with Crippen LogP contribution in [0.1, 0.15) is 35.7 Å². The molecule has 0 bridgehead atoms. The zero-order chi connectivity index (χ0) is 21.0. The van der Waals surface area contributed by atoms with Crippen LogP contribution in [0.5, 0.6) is 0 Å². The lowest BCUT2D eigenvalue weighted by Gasteiger charge is -2.27. The zero-order valence-electron chi connectivity index (χ0n) is 16.8. The van der Waals surface area contributed by atoms with E-state index in [2.05, 4.69) is 18.6 Å². The Morgan fingerprint density at radius 3 is 2.34 bits per heavy atom. The van der Waals surface area contributed by atoms with Gasteiger partial charge in [-0.05, 0) is 48.1 Å². The summed E-state index contributed by atoms with van der Waals surface area (Å²) in [5.41, 5.74) is 2.03. The molecule has 3 rings (SSSR count). The molecule has 2 aromatic rings. The molecule has 1 saturated heterocycles. The number of hydrogen-bond acceptors (Lipinski definition) is 5. The second-order valence-electron chi connectivity index (χ2n) is 7.15. The average molecular weight is 435 g/mol. The van der Waals surface area contributed by atoms with Crippen LogP contribution in [0.25, 0.3) is 0 Å². The van der Waals surface area contributed by atoms with Gasteiger partial charge in [0.05, 0.1) is 23.7 Å². The summed E-state index contributed by atoms with van der Waals surface area (Å²) in [6, 6.07) is 12.0. The van der Waals surface area contributed by atoms with Crippen LogP contribution in [0.4, 0.5) is 5.69 Å². The van der Waals surface area contributed by atoms with Crippen LogP contribution in [0.2, 0.25) is 0 Å². The van der Waals surface area contributed by atoms with E-state index < -0.39 is 10.0 Å². The van der Waals surface area contributed by atoms with Gasteiger partial charge in [-0.1, -0.05) is 26.0 Å². The molecule has 0 spiro atoms. The van der Waals surface area contributed by atoms with Crippen LogP contribution in [-0.2, 0) is 14.8 Å². The molecular weight excluding hydrogens is 408 g/mol. The maximum absolute atomic E-state index is 13.0. The van der Waals surface area contributed by atoms with Crippen LogP contribution >= 0.6 is 11.8 Å². The molecule has 0 aliphatic carbocycles. The molecule has 6 nitrogen and oxygen atoms in total. The Labute approximate surface area is 176 Å². The lowest BCUT2D eigenvalue weighted by molar-refractivity contribution is 0.0300. The van der Waals surface area contributed by atoms with Gasteiger partial charge in [-0.15, -0.1) is 11.8 Å². The monoisotopic (exact) mass is 434 g/mol. The molecule has 1 heterocycles. The number of ether oxygens (including phenoxy) is 1. The van der Waals surface area contributed by atoms with Gasteiger partial charge in [0, 0.05) is 23.7 Å². The third-order valence-corrected chi connectivity index (χ3v) is 7.01. The van der Waals surface area contributed by atoms with Crippen LogP contribution < -0.4 is 4.72 Å². The molecular formula is C21H26N2O4S2. The van der Waals surface area contributed by atoms with E-state index in [1.807, 2.05) is 18.4 Å². The van der Waals surface area contributed by atoms with E-state index in [-0.39, 0.29) is 10.8 Å². The Bertz CT molecular complexity index is 967. The second kappa shape index (κ2) is 9.19. The fourth-order valence-corrected chi connectivity index (χ4v) is 4.76. The molecule has 0 saturated carbocycles.